The summed E-state index contributed by atoms with van der Waals surface area (Å²) in [7, 11) is 0. The third-order valence-corrected chi connectivity index (χ3v) is 0.720. The first-order chi connectivity index (χ1) is 3.66. The molecular weight excluding hydrogens is 100 g/mol. The van der Waals surface area contributed by atoms with E-state index in [0.717, 1.165) is 11.8 Å². The first-order valence-electron chi connectivity index (χ1n) is 2.62. The smallest absolute Gasteiger partial charge is 0.0820 e. The summed E-state index contributed by atoms with van der Waals surface area (Å²) in [5.41, 5.74) is 2.10. The van der Waals surface area contributed by atoms with Gasteiger partial charge in [-0.1, -0.05) is 11.6 Å². The number of aliphatic hydroxyl groups is 1. The zero-order valence-electron chi connectivity index (χ0n) is 5.60. The second kappa shape index (κ2) is 3.30. The normalized spacial score (nSPS) is 11.1. The molecule has 1 heteroatoms. The Labute approximate surface area is 50.3 Å². The van der Waals surface area contributed by atoms with Crippen molar-refractivity contribution in [2.45, 2.75) is 20.8 Å². The third kappa shape index (κ3) is 3.47. The van der Waals surface area contributed by atoms with Crippen molar-refractivity contribution in [3.05, 3.63) is 23.5 Å². The van der Waals surface area contributed by atoms with E-state index in [-0.39, 0.29) is 0 Å². The van der Waals surface area contributed by atoms with Crippen LogP contribution in [0.25, 0.3) is 0 Å². The van der Waals surface area contributed by atoms with Gasteiger partial charge in [0.25, 0.3) is 0 Å². The van der Waals surface area contributed by atoms with Gasteiger partial charge in [-0.2, -0.15) is 0 Å². The number of aliphatic hydroxyl groups excluding tert-OH is 1. The second-order valence-corrected chi connectivity index (χ2v) is 2.09. The van der Waals surface area contributed by atoms with Gasteiger partial charge >= 0.3 is 0 Å². The maximum Gasteiger partial charge on any atom is 0.0820 e. The predicted octanol–water partition coefficient (Wildman–Crippen LogP) is 2.41. The van der Waals surface area contributed by atoms with E-state index in [1.807, 2.05) is 26.8 Å². The summed E-state index contributed by atoms with van der Waals surface area (Å²) in [4.78, 5) is 0. The predicted molar refractivity (Wildman–Crippen MR) is 35.8 cm³/mol. The highest BCUT2D eigenvalue weighted by molar-refractivity contribution is 5.16. The summed E-state index contributed by atoms with van der Waals surface area (Å²) in [6.45, 7) is 5.84. The van der Waals surface area contributed by atoms with Gasteiger partial charge in [0.15, 0.2) is 0 Å². The number of rotatable bonds is 1. The summed E-state index contributed by atoms with van der Waals surface area (Å²) in [6.07, 6.45) is 3.02. The van der Waals surface area contributed by atoms with E-state index in [9.17, 15) is 0 Å². The number of hydrogen-bond acceptors (Lipinski definition) is 1. The minimum atomic E-state index is 0.894. The first-order valence-corrected chi connectivity index (χ1v) is 2.62. The Morgan fingerprint density at radius 1 is 1.25 bits per heavy atom. The van der Waals surface area contributed by atoms with Gasteiger partial charge in [0.1, 0.15) is 0 Å². The topological polar surface area (TPSA) is 20.2 Å². The van der Waals surface area contributed by atoms with Crippen molar-refractivity contribution >= 4 is 0 Å². The van der Waals surface area contributed by atoms with Gasteiger partial charge in [-0.05, 0) is 26.3 Å². The van der Waals surface area contributed by atoms with Crippen molar-refractivity contribution in [2.24, 2.45) is 0 Å². The van der Waals surface area contributed by atoms with Gasteiger partial charge in [-0.3, -0.25) is 0 Å². The molecule has 0 aliphatic heterocycles. The Balaban J connectivity index is 3.89. The zero-order valence-corrected chi connectivity index (χ0v) is 5.60. The molecule has 1 nitrogen and oxygen atoms in total. The fourth-order valence-electron chi connectivity index (χ4n) is 0.493. The lowest BCUT2D eigenvalue weighted by atomic mass is 10.2. The molecule has 0 radical (unpaired) electrons. The van der Waals surface area contributed by atoms with Crippen LogP contribution in [0.3, 0.4) is 0 Å². The van der Waals surface area contributed by atoms with Crippen LogP contribution in [-0.2, 0) is 0 Å². The lowest BCUT2D eigenvalue weighted by Gasteiger charge is -1.87. The fourth-order valence-corrected chi connectivity index (χ4v) is 0.493. The average Bonchev–Trinajstić information content (AvgIpc) is 1.65. The first kappa shape index (κ1) is 7.28. The molecule has 0 aromatic rings. The van der Waals surface area contributed by atoms with Crippen LogP contribution < -0.4 is 0 Å². The average molecular weight is 112 g/mol. The molecule has 0 unspecified atom stereocenters. The lowest BCUT2D eigenvalue weighted by molar-refractivity contribution is 0.469. The molecule has 0 spiro atoms. The molecule has 0 atom stereocenters. The summed E-state index contributed by atoms with van der Waals surface area (Å²) in [5.74, 6) is 0. The van der Waals surface area contributed by atoms with Crippen molar-refractivity contribution in [3.63, 3.8) is 0 Å². The summed E-state index contributed by atoms with van der Waals surface area (Å²) < 4.78 is 0. The summed E-state index contributed by atoms with van der Waals surface area (Å²) in [6, 6.07) is 0. The van der Waals surface area contributed by atoms with E-state index in [1.54, 1.807) is 0 Å². The van der Waals surface area contributed by atoms with Crippen LogP contribution >= 0.6 is 0 Å². The van der Waals surface area contributed by atoms with Crippen LogP contribution in [0.2, 0.25) is 0 Å². The molecule has 0 aliphatic rings. The van der Waals surface area contributed by atoms with E-state index < -0.39 is 0 Å². The van der Waals surface area contributed by atoms with E-state index >= 15 is 0 Å². The standard InChI is InChI=1S/C7H12O/c1-6(2)4-7(3)5-8/h4-5,8H,1-3H3. The van der Waals surface area contributed by atoms with E-state index in [2.05, 4.69) is 0 Å². The van der Waals surface area contributed by atoms with Crippen molar-refractivity contribution < 1.29 is 5.11 Å². The Hall–Kier alpha value is -0.720. The van der Waals surface area contributed by atoms with Crippen LogP contribution in [0.5, 0.6) is 0 Å². The molecule has 0 aliphatic carbocycles. The third-order valence-electron chi connectivity index (χ3n) is 0.720. The molecule has 0 fully saturated rings. The van der Waals surface area contributed by atoms with Crippen LogP contribution in [0.4, 0.5) is 0 Å². The maximum absolute atomic E-state index is 8.38. The Kier molecular flexibility index (Phi) is 3.01. The number of hydrogen-bond donors (Lipinski definition) is 1. The molecule has 8 heavy (non-hydrogen) atoms. The van der Waals surface area contributed by atoms with Crippen LogP contribution in [-0.4, -0.2) is 5.11 Å². The molecular formula is C7H12O. The molecule has 0 amide bonds. The second-order valence-electron chi connectivity index (χ2n) is 2.09. The lowest BCUT2D eigenvalue weighted by Crippen LogP contribution is -1.69. The van der Waals surface area contributed by atoms with Crippen LogP contribution in [0, 0.1) is 0 Å². The molecule has 46 valence electrons. The molecule has 0 rings (SSSR count). The molecule has 1 N–H and O–H groups in total. The van der Waals surface area contributed by atoms with Crippen molar-refractivity contribution in [3.8, 4) is 0 Å². The van der Waals surface area contributed by atoms with Gasteiger partial charge in [-0.25, -0.2) is 0 Å². The molecule has 0 heterocycles. The highest BCUT2D eigenvalue weighted by atomic mass is 16.2. The fraction of sp³-hybridized carbons (Fsp3) is 0.429. The maximum atomic E-state index is 8.38. The van der Waals surface area contributed by atoms with Crippen molar-refractivity contribution in [2.75, 3.05) is 0 Å². The van der Waals surface area contributed by atoms with Crippen LogP contribution in [0.1, 0.15) is 20.8 Å². The molecule has 0 aromatic heterocycles. The van der Waals surface area contributed by atoms with Crippen LogP contribution in [0.15, 0.2) is 23.5 Å². The van der Waals surface area contributed by atoms with E-state index in [1.165, 1.54) is 5.57 Å². The van der Waals surface area contributed by atoms with Crippen molar-refractivity contribution in [1.29, 1.82) is 0 Å². The van der Waals surface area contributed by atoms with Gasteiger partial charge in [-0.15, -0.1) is 0 Å². The highest BCUT2D eigenvalue weighted by Gasteiger charge is 1.78. The molecule has 0 saturated heterocycles. The van der Waals surface area contributed by atoms with E-state index in [0.29, 0.717) is 0 Å². The Morgan fingerprint density at radius 3 is 1.88 bits per heavy atom. The molecule has 0 saturated carbocycles. The zero-order chi connectivity index (χ0) is 6.57. The minimum Gasteiger partial charge on any atom is -0.515 e. The Morgan fingerprint density at radius 2 is 1.75 bits per heavy atom. The molecule has 0 bridgehead atoms. The minimum absolute atomic E-state index is 0.894. The summed E-state index contributed by atoms with van der Waals surface area (Å²) >= 11 is 0. The van der Waals surface area contributed by atoms with Gasteiger partial charge in [0.05, 0.1) is 6.26 Å². The SMILES string of the molecule is CC(C)=CC(C)=CO. The van der Waals surface area contributed by atoms with Gasteiger partial charge in [0.2, 0.25) is 0 Å². The monoisotopic (exact) mass is 112 g/mol. The van der Waals surface area contributed by atoms with Crippen molar-refractivity contribution in [1.82, 2.24) is 0 Å². The van der Waals surface area contributed by atoms with E-state index in [4.69, 9.17) is 5.11 Å². The quantitative estimate of drug-likeness (QED) is 0.408. The Bertz CT molecular complexity index is 116. The van der Waals surface area contributed by atoms with Gasteiger partial charge in [0, 0.05) is 0 Å². The molecule has 0 aromatic carbocycles. The summed E-state index contributed by atoms with van der Waals surface area (Å²) in [5, 5.41) is 8.38. The largest absolute Gasteiger partial charge is 0.515 e. The van der Waals surface area contributed by atoms with Gasteiger partial charge < -0.3 is 5.11 Å². The number of allylic oxidation sites excluding steroid dienone is 3. The highest BCUT2D eigenvalue weighted by Crippen LogP contribution is 1.97.